The Morgan fingerprint density at radius 2 is 2.00 bits per heavy atom. The van der Waals surface area contributed by atoms with Crippen molar-refractivity contribution in [2.75, 3.05) is 7.11 Å². The SMILES string of the molecule is COc1c(CC(=O)O)cccc1Oc1cccc(Cl)c1. The number of para-hydroxylation sites is 1. The quantitative estimate of drug-likeness (QED) is 0.911. The minimum Gasteiger partial charge on any atom is -0.493 e. The van der Waals surface area contributed by atoms with E-state index >= 15 is 0 Å². The maximum atomic E-state index is 10.8. The summed E-state index contributed by atoms with van der Waals surface area (Å²) in [7, 11) is 1.48. The third kappa shape index (κ3) is 3.42. The number of aliphatic carboxylic acids is 1. The number of carboxylic acids is 1. The van der Waals surface area contributed by atoms with Crippen LogP contribution in [0.15, 0.2) is 42.5 Å². The Bertz CT molecular complexity index is 625. The van der Waals surface area contributed by atoms with E-state index in [4.69, 9.17) is 26.2 Å². The second-order valence-electron chi connectivity index (χ2n) is 4.08. The molecule has 0 spiro atoms. The maximum absolute atomic E-state index is 10.8. The van der Waals surface area contributed by atoms with E-state index in [9.17, 15) is 4.79 Å². The monoisotopic (exact) mass is 292 g/mol. The lowest BCUT2D eigenvalue weighted by molar-refractivity contribution is -0.136. The van der Waals surface area contributed by atoms with E-state index in [1.54, 1.807) is 42.5 Å². The number of methoxy groups -OCH3 is 1. The van der Waals surface area contributed by atoms with Gasteiger partial charge in [-0.1, -0.05) is 29.8 Å². The fourth-order valence-electron chi connectivity index (χ4n) is 1.83. The summed E-state index contributed by atoms with van der Waals surface area (Å²) in [5.41, 5.74) is 0.555. The molecule has 0 fully saturated rings. The lowest BCUT2D eigenvalue weighted by atomic mass is 10.1. The molecule has 104 valence electrons. The van der Waals surface area contributed by atoms with Gasteiger partial charge in [-0.3, -0.25) is 4.79 Å². The number of carbonyl (C=O) groups is 1. The molecule has 0 aliphatic carbocycles. The van der Waals surface area contributed by atoms with Crippen molar-refractivity contribution >= 4 is 17.6 Å². The number of carboxylic acid groups (broad SMARTS) is 1. The molecule has 0 aliphatic rings. The van der Waals surface area contributed by atoms with E-state index < -0.39 is 5.97 Å². The average Bonchev–Trinajstić information content (AvgIpc) is 2.38. The summed E-state index contributed by atoms with van der Waals surface area (Å²) in [6.07, 6.45) is -0.129. The zero-order valence-electron chi connectivity index (χ0n) is 10.8. The van der Waals surface area contributed by atoms with E-state index in [1.807, 2.05) is 0 Å². The lowest BCUT2D eigenvalue weighted by Crippen LogP contribution is -2.03. The molecular formula is C15H13ClO4. The van der Waals surface area contributed by atoms with Crippen LogP contribution < -0.4 is 9.47 Å². The van der Waals surface area contributed by atoms with Gasteiger partial charge in [-0.25, -0.2) is 0 Å². The summed E-state index contributed by atoms with van der Waals surface area (Å²) in [6, 6.07) is 12.1. The first kappa shape index (κ1) is 14.2. The van der Waals surface area contributed by atoms with Gasteiger partial charge in [0.25, 0.3) is 0 Å². The first-order chi connectivity index (χ1) is 9.60. The van der Waals surface area contributed by atoms with Gasteiger partial charge in [0.1, 0.15) is 5.75 Å². The molecule has 20 heavy (non-hydrogen) atoms. The Labute approximate surface area is 121 Å². The van der Waals surface area contributed by atoms with Crippen LogP contribution in [0.2, 0.25) is 5.02 Å². The standard InChI is InChI=1S/C15H13ClO4/c1-19-15-10(8-14(17)18)4-2-7-13(15)20-12-6-3-5-11(16)9-12/h2-7,9H,8H2,1H3,(H,17,18). The second kappa shape index (κ2) is 6.30. The Hall–Kier alpha value is -2.20. The number of ether oxygens (including phenoxy) is 2. The Morgan fingerprint density at radius 3 is 2.65 bits per heavy atom. The zero-order valence-corrected chi connectivity index (χ0v) is 11.6. The van der Waals surface area contributed by atoms with Crippen molar-refractivity contribution in [2.24, 2.45) is 0 Å². The molecule has 5 heteroatoms. The molecule has 0 bridgehead atoms. The predicted octanol–water partition coefficient (Wildman–Crippen LogP) is 3.77. The van der Waals surface area contributed by atoms with Crippen molar-refractivity contribution in [1.82, 2.24) is 0 Å². The topological polar surface area (TPSA) is 55.8 Å². The van der Waals surface area contributed by atoms with Gasteiger partial charge in [-0.15, -0.1) is 0 Å². The van der Waals surface area contributed by atoms with Crippen molar-refractivity contribution in [3.8, 4) is 17.2 Å². The molecule has 1 N–H and O–H groups in total. The van der Waals surface area contributed by atoms with E-state index in [0.29, 0.717) is 27.8 Å². The summed E-state index contributed by atoms with van der Waals surface area (Å²) in [4.78, 5) is 10.8. The molecule has 0 saturated carbocycles. The van der Waals surface area contributed by atoms with Crippen molar-refractivity contribution in [2.45, 2.75) is 6.42 Å². The second-order valence-corrected chi connectivity index (χ2v) is 4.51. The number of benzene rings is 2. The summed E-state index contributed by atoms with van der Waals surface area (Å²) < 4.78 is 11.0. The van der Waals surface area contributed by atoms with Crippen LogP contribution in [0, 0.1) is 0 Å². The molecule has 0 radical (unpaired) electrons. The van der Waals surface area contributed by atoms with Gasteiger partial charge in [0.05, 0.1) is 13.5 Å². The van der Waals surface area contributed by atoms with Crippen LogP contribution in [-0.2, 0) is 11.2 Å². The first-order valence-corrected chi connectivity index (χ1v) is 6.29. The Morgan fingerprint density at radius 1 is 1.25 bits per heavy atom. The lowest BCUT2D eigenvalue weighted by Gasteiger charge is -2.13. The molecule has 0 atom stereocenters. The molecule has 2 aromatic carbocycles. The molecule has 0 unspecified atom stereocenters. The number of rotatable bonds is 5. The first-order valence-electron chi connectivity index (χ1n) is 5.91. The molecule has 0 aromatic heterocycles. The molecule has 0 saturated heterocycles. The molecule has 2 rings (SSSR count). The minimum absolute atomic E-state index is 0.129. The van der Waals surface area contributed by atoms with Gasteiger partial charge in [0.2, 0.25) is 0 Å². The summed E-state index contributed by atoms with van der Waals surface area (Å²) >= 11 is 5.90. The van der Waals surface area contributed by atoms with Crippen molar-refractivity contribution in [1.29, 1.82) is 0 Å². The highest BCUT2D eigenvalue weighted by atomic mass is 35.5. The Balaban J connectivity index is 2.34. The van der Waals surface area contributed by atoms with Crippen LogP contribution in [0.3, 0.4) is 0 Å². The Kier molecular flexibility index (Phi) is 4.48. The van der Waals surface area contributed by atoms with Gasteiger partial charge in [-0.2, -0.15) is 0 Å². The van der Waals surface area contributed by atoms with Crippen molar-refractivity contribution < 1.29 is 19.4 Å². The van der Waals surface area contributed by atoms with Crippen molar-refractivity contribution in [3.63, 3.8) is 0 Å². The van der Waals surface area contributed by atoms with E-state index in [2.05, 4.69) is 0 Å². The normalized spacial score (nSPS) is 10.1. The fraction of sp³-hybridized carbons (Fsp3) is 0.133. The van der Waals surface area contributed by atoms with Crippen LogP contribution in [0.5, 0.6) is 17.2 Å². The zero-order chi connectivity index (χ0) is 14.5. The van der Waals surface area contributed by atoms with Gasteiger partial charge in [0, 0.05) is 10.6 Å². The number of hydrogen-bond donors (Lipinski definition) is 1. The van der Waals surface area contributed by atoms with Crippen LogP contribution in [-0.4, -0.2) is 18.2 Å². The third-order valence-corrected chi connectivity index (χ3v) is 2.87. The van der Waals surface area contributed by atoms with Crippen LogP contribution >= 0.6 is 11.6 Å². The van der Waals surface area contributed by atoms with Gasteiger partial charge in [0.15, 0.2) is 11.5 Å². The van der Waals surface area contributed by atoms with Gasteiger partial charge >= 0.3 is 5.97 Å². The van der Waals surface area contributed by atoms with Crippen LogP contribution in [0.25, 0.3) is 0 Å². The fourth-order valence-corrected chi connectivity index (χ4v) is 2.01. The molecule has 0 amide bonds. The summed E-state index contributed by atoms with van der Waals surface area (Å²) in [5, 5.41) is 9.45. The minimum atomic E-state index is -0.928. The maximum Gasteiger partial charge on any atom is 0.307 e. The third-order valence-electron chi connectivity index (χ3n) is 2.63. The molecule has 2 aromatic rings. The smallest absolute Gasteiger partial charge is 0.307 e. The number of hydrogen-bond acceptors (Lipinski definition) is 3. The van der Waals surface area contributed by atoms with Gasteiger partial charge in [-0.05, 0) is 24.3 Å². The largest absolute Gasteiger partial charge is 0.493 e. The number of halogens is 1. The highest BCUT2D eigenvalue weighted by Crippen LogP contribution is 2.35. The highest BCUT2D eigenvalue weighted by Gasteiger charge is 2.13. The average molecular weight is 293 g/mol. The summed E-state index contributed by atoms with van der Waals surface area (Å²) in [5.74, 6) is 0.495. The highest BCUT2D eigenvalue weighted by molar-refractivity contribution is 6.30. The van der Waals surface area contributed by atoms with Crippen LogP contribution in [0.4, 0.5) is 0 Å². The van der Waals surface area contributed by atoms with Crippen LogP contribution in [0.1, 0.15) is 5.56 Å². The molecular weight excluding hydrogens is 280 g/mol. The molecule has 0 aliphatic heterocycles. The predicted molar refractivity (Wildman–Crippen MR) is 75.9 cm³/mol. The van der Waals surface area contributed by atoms with E-state index in [-0.39, 0.29) is 6.42 Å². The summed E-state index contributed by atoms with van der Waals surface area (Å²) in [6.45, 7) is 0. The molecule has 4 nitrogen and oxygen atoms in total. The van der Waals surface area contributed by atoms with E-state index in [0.717, 1.165) is 0 Å². The van der Waals surface area contributed by atoms with Crippen molar-refractivity contribution in [3.05, 3.63) is 53.1 Å². The van der Waals surface area contributed by atoms with Gasteiger partial charge < -0.3 is 14.6 Å². The molecule has 0 heterocycles. The van der Waals surface area contributed by atoms with E-state index in [1.165, 1.54) is 7.11 Å².